The molecule has 1 aromatic carbocycles. The Morgan fingerprint density at radius 3 is 2.00 bits per heavy atom. The maximum Gasteiger partial charge on any atom is 0.0965 e. The highest BCUT2D eigenvalue weighted by atomic mass is 79.9. The molecular formula is C14H20BrClN2. The quantitative estimate of drug-likeness (QED) is 0.643. The number of quaternary nitrogens is 1. The third kappa shape index (κ3) is 2.84. The number of piperazine rings is 1. The fourth-order valence-electron chi connectivity index (χ4n) is 3.25. The lowest BCUT2D eigenvalue weighted by Gasteiger charge is -2.42. The van der Waals surface area contributed by atoms with Crippen molar-refractivity contribution in [3.05, 3.63) is 29.3 Å². The molecule has 1 spiro atoms. The summed E-state index contributed by atoms with van der Waals surface area (Å²) in [4.78, 5) is 2.50. The highest BCUT2D eigenvalue weighted by Crippen LogP contribution is 2.25. The molecule has 2 nitrogen and oxygen atoms in total. The summed E-state index contributed by atoms with van der Waals surface area (Å²) in [5, 5.41) is 0.828. The Morgan fingerprint density at radius 2 is 1.44 bits per heavy atom. The van der Waals surface area contributed by atoms with Gasteiger partial charge in [-0.2, -0.15) is 0 Å². The molecule has 3 rings (SSSR count). The van der Waals surface area contributed by atoms with Gasteiger partial charge in [0.05, 0.1) is 39.3 Å². The van der Waals surface area contributed by atoms with Gasteiger partial charge in [-0.3, -0.25) is 0 Å². The third-order valence-corrected chi connectivity index (χ3v) is 4.65. The van der Waals surface area contributed by atoms with Crippen LogP contribution < -0.4 is 21.9 Å². The van der Waals surface area contributed by atoms with Crippen molar-refractivity contribution in [1.29, 1.82) is 0 Å². The molecule has 0 bridgehead atoms. The molecule has 1 aromatic rings. The molecule has 0 saturated carbocycles. The minimum Gasteiger partial charge on any atom is -1.00 e. The highest BCUT2D eigenvalue weighted by Gasteiger charge is 2.35. The number of hydrogen-bond acceptors (Lipinski definition) is 1. The van der Waals surface area contributed by atoms with Crippen molar-refractivity contribution in [1.82, 2.24) is 0 Å². The molecule has 0 unspecified atom stereocenters. The molecule has 2 heterocycles. The van der Waals surface area contributed by atoms with Gasteiger partial charge in [-0.25, -0.2) is 0 Å². The van der Waals surface area contributed by atoms with E-state index >= 15 is 0 Å². The van der Waals surface area contributed by atoms with Gasteiger partial charge in [0.15, 0.2) is 0 Å². The van der Waals surface area contributed by atoms with Crippen molar-refractivity contribution in [2.24, 2.45) is 0 Å². The van der Waals surface area contributed by atoms with E-state index in [1.165, 1.54) is 62.3 Å². The van der Waals surface area contributed by atoms with Crippen LogP contribution in [0.3, 0.4) is 0 Å². The second-order valence-corrected chi connectivity index (χ2v) is 5.84. The number of halogens is 2. The lowest BCUT2D eigenvalue weighted by atomic mass is 10.2. The summed E-state index contributed by atoms with van der Waals surface area (Å²) in [5.74, 6) is 0. The van der Waals surface area contributed by atoms with Crippen LogP contribution in [0.15, 0.2) is 24.3 Å². The van der Waals surface area contributed by atoms with Crippen molar-refractivity contribution < 1.29 is 21.5 Å². The lowest BCUT2D eigenvalue weighted by molar-refractivity contribution is -0.917. The summed E-state index contributed by atoms with van der Waals surface area (Å²) in [6, 6.07) is 8.27. The normalized spacial score (nSPS) is 21.9. The molecule has 0 aliphatic carbocycles. The first-order valence-electron chi connectivity index (χ1n) is 6.63. The van der Waals surface area contributed by atoms with Crippen molar-refractivity contribution in [2.45, 2.75) is 12.8 Å². The van der Waals surface area contributed by atoms with E-state index in [2.05, 4.69) is 17.0 Å². The molecule has 0 aromatic heterocycles. The smallest absolute Gasteiger partial charge is 0.0965 e. The predicted octanol–water partition coefficient (Wildman–Crippen LogP) is -0.225. The van der Waals surface area contributed by atoms with Crippen LogP contribution in [-0.2, 0) is 0 Å². The van der Waals surface area contributed by atoms with Gasteiger partial charge in [-0.15, -0.1) is 0 Å². The minimum absolute atomic E-state index is 0. The zero-order valence-electron chi connectivity index (χ0n) is 10.6. The van der Waals surface area contributed by atoms with E-state index < -0.39 is 0 Å². The standard InChI is InChI=1S/C14H20ClN2.BrH/c15-13-3-5-14(6-4-13)16-7-11-17(12-8-16)9-1-2-10-17;/h3-6H,1-2,7-12H2;1H/q+1;/p-1. The van der Waals surface area contributed by atoms with Crippen LogP contribution in [0, 0.1) is 0 Å². The number of benzene rings is 1. The van der Waals surface area contributed by atoms with E-state index in [4.69, 9.17) is 11.6 Å². The summed E-state index contributed by atoms with van der Waals surface area (Å²) >= 11 is 5.93. The molecule has 2 fully saturated rings. The molecule has 18 heavy (non-hydrogen) atoms. The fraction of sp³-hybridized carbons (Fsp3) is 0.571. The summed E-state index contributed by atoms with van der Waals surface area (Å²) in [7, 11) is 0. The molecule has 0 N–H and O–H groups in total. The van der Waals surface area contributed by atoms with Crippen LogP contribution in [0.1, 0.15) is 12.8 Å². The summed E-state index contributed by atoms with van der Waals surface area (Å²) in [5.41, 5.74) is 1.33. The van der Waals surface area contributed by atoms with Crippen molar-refractivity contribution in [2.75, 3.05) is 44.2 Å². The minimum atomic E-state index is 0. The topological polar surface area (TPSA) is 3.24 Å². The van der Waals surface area contributed by atoms with Crippen LogP contribution in [0.5, 0.6) is 0 Å². The van der Waals surface area contributed by atoms with E-state index in [1.807, 2.05) is 12.1 Å². The lowest BCUT2D eigenvalue weighted by Crippen LogP contribution is -3.00. The molecule has 0 atom stereocenters. The zero-order valence-corrected chi connectivity index (χ0v) is 13.0. The first-order chi connectivity index (χ1) is 8.27. The van der Waals surface area contributed by atoms with Gasteiger partial charge >= 0.3 is 0 Å². The van der Waals surface area contributed by atoms with E-state index in [0.717, 1.165) is 5.02 Å². The van der Waals surface area contributed by atoms with Crippen LogP contribution in [0.2, 0.25) is 5.02 Å². The Hall–Kier alpha value is -0.250. The van der Waals surface area contributed by atoms with Crippen molar-refractivity contribution in [3.63, 3.8) is 0 Å². The first-order valence-corrected chi connectivity index (χ1v) is 7.01. The summed E-state index contributed by atoms with van der Waals surface area (Å²) < 4.78 is 1.38. The Labute approximate surface area is 125 Å². The Bertz CT molecular complexity index is 377. The molecule has 2 aliphatic heterocycles. The summed E-state index contributed by atoms with van der Waals surface area (Å²) in [6.07, 6.45) is 2.86. The maximum atomic E-state index is 5.93. The summed E-state index contributed by atoms with van der Waals surface area (Å²) in [6.45, 7) is 7.86. The van der Waals surface area contributed by atoms with Crippen LogP contribution in [0.25, 0.3) is 0 Å². The van der Waals surface area contributed by atoms with Crippen LogP contribution >= 0.6 is 11.6 Å². The number of anilines is 1. The highest BCUT2D eigenvalue weighted by molar-refractivity contribution is 6.30. The number of nitrogens with zero attached hydrogens (tertiary/aromatic N) is 2. The average Bonchev–Trinajstić information content (AvgIpc) is 2.80. The molecule has 0 radical (unpaired) electrons. The molecule has 4 heteroatoms. The monoisotopic (exact) mass is 330 g/mol. The van der Waals surface area contributed by atoms with Gasteiger partial charge in [0.1, 0.15) is 0 Å². The fourth-order valence-corrected chi connectivity index (χ4v) is 3.38. The second-order valence-electron chi connectivity index (χ2n) is 5.41. The van der Waals surface area contributed by atoms with Gasteiger partial charge in [0.2, 0.25) is 0 Å². The van der Waals surface area contributed by atoms with E-state index in [0.29, 0.717) is 0 Å². The van der Waals surface area contributed by atoms with Gasteiger partial charge in [-0.1, -0.05) is 11.6 Å². The zero-order chi connectivity index (χ0) is 11.7. The van der Waals surface area contributed by atoms with Crippen LogP contribution in [0.4, 0.5) is 5.69 Å². The van der Waals surface area contributed by atoms with Crippen LogP contribution in [-0.4, -0.2) is 43.8 Å². The molecule has 0 amide bonds. The van der Waals surface area contributed by atoms with Gasteiger partial charge in [0, 0.05) is 23.6 Å². The largest absolute Gasteiger partial charge is 1.00 e. The van der Waals surface area contributed by atoms with Gasteiger partial charge in [-0.05, 0) is 24.3 Å². The molecular weight excluding hydrogens is 312 g/mol. The molecule has 2 aliphatic rings. The molecule has 100 valence electrons. The predicted molar refractivity (Wildman–Crippen MR) is 72.6 cm³/mol. The average molecular weight is 332 g/mol. The van der Waals surface area contributed by atoms with E-state index in [1.54, 1.807) is 0 Å². The second kappa shape index (κ2) is 5.81. The van der Waals surface area contributed by atoms with Crippen molar-refractivity contribution in [3.8, 4) is 0 Å². The third-order valence-electron chi connectivity index (χ3n) is 4.40. The Morgan fingerprint density at radius 1 is 0.889 bits per heavy atom. The van der Waals surface area contributed by atoms with E-state index in [9.17, 15) is 0 Å². The maximum absolute atomic E-state index is 5.93. The van der Waals surface area contributed by atoms with Gasteiger partial charge in [0.25, 0.3) is 0 Å². The number of hydrogen-bond donors (Lipinski definition) is 0. The van der Waals surface area contributed by atoms with E-state index in [-0.39, 0.29) is 17.0 Å². The first kappa shape index (κ1) is 14.2. The Kier molecular flexibility index (Phi) is 4.57. The number of rotatable bonds is 1. The SMILES string of the molecule is Clc1ccc(N2CC[N+]3(CCCC3)CC2)cc1.[Br-]. The molecule has 2 saturated heterocycles. The van der Waals surface area contributed by atoms with Gasteiger partial charge < -0.3 is 26.4 Å². The Balaban J connectivity index is 0.00000120. The van der Waals surface area contributed by atoms with Crippen molar-refractivity contribution >= 4 is 17.3 Å².